The Morgan fingerprint density at radius 2 is 1.72 bits per heavy atom. The fourth-order valence-corrected chi connectivity index (χ4v) is 4.65. The minimum atomic E-state index is -1.17. The lowest BCUT2D eigenvalue weighted by Gasteiger charge is -2.28. The fourth-order valence-electron chi connectivity index (χ4n) is 4.65. The van der Waals surface area contributed by atoms with Gasteiger partial charge in [0, 0.05) is 11.3 Å². The first kappa shape index (κ1) is 34.3. The average Bonchev–Trinajstić information content (AvgIpc) is 3.07. The zero-order valence-corrected chi connectivity index (χ0v) is 26.6. The molecule has 0 aromatic heterocycles. The van der Waals surface area contributed by atoms with Crippen LogP contribution in [0.4, 0.5) is 4.79 Å². The number of nitrogens with zero attached hydrogens (tertiary/aromatic N) is 1. The van der Waals surface area contributed by atoms with Crippen molar-refractivity contribution < 1.29 is 43.2 Å². The molecule has 1 heterocycles. The van der Waals surface area contributed by atoms with Gasteiger partial charge in [0.2, 0.25) is 0 Å². The van der Waals surface area contributed by atoms with Crippen molar-refractivity contribution in [1.82, 2.24) is 16.1 Å². The lowest BCUT2D eigenvalue weighted by molar-refractivity contribution is -0.136. The molecule has 0 fully saturated rings. The number of hydrogen-bond acceptors (Lipinski definition) is 11. The number of hydrogen-bond donors (Lipinski definition) is 4. The molecular formula is C34H38N4O9. The summed E-state index contributed by atoms with van der Waals surface area (Å²) in [5.41, 5.74) is 5.86. The zero-order valence-electron chi connectivity index (χ0n) is 26.6. The van der Waals surface area contributed by atoms with Crippen LogP contribution in [0.15, 0.2) is 83.1 Å². The van der Waals surface area contributed by atoms with E-state index in [1.54, 1.807) is 69.3 Å². The van der Waals surface area contributed by atoms with Crippen molar-refractivity contribution >= 4 is 24.2 Å². The Labute approximate surface area is 272 Å². The number of hydrazone groups is 1. The second-order valence-electron chi connectivity index (χ2n) is 10.2. The minimum Gasteiger partial charge on any atom is -0.490 e. The van der Waals surface area contributed by atoms with Crippen LogP contribution in [0, 0.1) is 0 Å². The molecule has 4 N–H and O–H groups in total. The van der Waals surface area contributed by atoms with Crippen molar-refractivity contribution in [3.8, 4) is 17.2 Å². The molecule has 1 aliphatic rings. The van der Waals surface area contributed by atoms with Gasteiger partial charge in [0.1, 0.15) is 19.0 Å². The molecule has 1 aliphatic heterocycles. The number of aliphatic hydroxyl groups excluding tert-OH is 1. The molecule has 47 heavy (non-hydrogen) atoms. The van der Waals surface area contributed by atoms with Gasteiger partial charge in [-0.15, -0.1) is 0 Å². The molecule has 3 aromatic rings. The second kappa shape index (κ2) is 16.7. The largest absolute Gasteiger partial charge is 0.490 e. The molecule has 0 aliphatic carbocycles. The second-order valence-corrected chi connectivity index (χ2v) is 10.2. The normalized spacial score (nSPS) is 14.9. The first-order valence-corrected chi connectivity index (χ1v) is 14.9. The summed E-state index contributed by atoms with van der Waals surface area (Å²) in [5, 5.41) is 20.0. The van der Waals surface area contributed by atoms with Crippen molar-refractivity contribution in [1.29, 1.82) is 0 Å². The topological polar surface area (TPSA) is 166 Å². The standard InChI is InChI=1S/C34H38N4O9/c1-5-44-28-17-24(31-30(33(41)43-4)21(3)36-34(42)37-31)15-16-27(28)47-20-29(39)38-35-18-25-9-7-8-10-26(25)46-19-22-11-13-23(14-12-22)32(40)45-6-2/h7-18,29,31,38-39H,5-6,19-20H2,1-4H3,(H2,36,37,42)/b35-18+/t29-,31+/m0/s1. The van der Waals surface area contributed by atoms with E-state index in [0.29, 0.717) is 52.8 Å². The van der Waals surface area contributed by atoms with Crippen LogP contribution in [0.1, 0.15) is 53.9 Å². The van der Waals surface area contributed by atoms with E-state index in [2.05, 4.69) is 21.2 Å². The fraction of sp³-hybridized carbons (Fsp3) is 0.294. The van der Waals surface area contributed by atoms with Crippen molar-refractivity contribution in [3.63, 3.8) is 0 Å². The molecule has 2 amide bonds. The maximum absolute atomic E-state index is 12.5. The zero-order chi connectivity index (χ0) is 33.8. The highest BCUT2D eigenvalue weighted by Gasteiger charge is 2.32. The van der Waals surface area contributed by atoms with E-state index >= 15 is 0 Å². The number of para-hydroxylation sites is 1. The van der Waals surface area contributed by atoms with E-state index in [4.69, 9.17) is 23.7 Å². The summed E-state index contributed by atoms with van der Waals surface area (Å²) in [4.78, 5) is 36.5. The number of carbonyl (C=O) groups is 3. The summed E-state index contributed by atoms with van der Waals surface area (Å²) >= 11 is 0. The molecule has 0 saturated carbocycles. The Kier molecular flexibility index (Phi) is 12.2. The van der Waals surface area contributed by atoms with Crippen LogP contribution >= 0.6 is 0 Å². The smallest absolute Gasteiger partial charge is 0.338 e. The number of amides is 2. The highest BCUT2D eigenvalue weighted by Crippen LogP contribution is 2.35. The molecule has 0 bridgehead atoms. The Morgan fingerprint density at radius 1 is 0.957 bits per heavy atom. The maximum atomic E-state index is 12.5. The Bertz CT molecular complexity index is 1620. The predicted octanol–water partition coefficient (Wildman–Crippen LogP) is 3.96. The molecule has 0 unspecified atom stereocenters. The van der Waals surface area contributed by atoms with Crippen LogP contribution < -0.4 is 30.3 Å². The molecule has 13 nitrogen and oxygen atoms in total. The van der Waals surface area contributed by atoms with Crippen LogP contribution in [-0.2, 0) is 20.9 Å². The number of allylic oxidation sites excluding steroid dienone is 1. The summed E-state index contributed by atoms with van der Waals surface area (Å²) in [6.45, 7) is 5.91. The maximum Gasteiger partial charge on any atom is 0.338 e. The molecule has 3 aromatic carbocycles. The SMILES string of the molecule is CCOC(=O)c1ccc(COc2ccccc2/C=N/N[C@@H](O)COc2ccc([C@H]3NC(=O)NC(C)=C3C(=O)OC)cc2OCC)cc1. The van der Waals surface area contributed by atoms with Gasteiger partial charge in [0.15, 0.2) is 17.7 Å². The van der Waals surface area contributed by atoms with Gasteiger partial charge in [0.25, 0.3) is 0 Å². The van der Waals surface area contributed by atoms with Gasteiger partial charge in [-0.1, -0.05) is 30.3 Å². The molecule has 13 heteroatoms. The van der Waals surface area contributed by atoms with Crippen LogP contribution in [-0.4, -0.2) is 62.4 Å². The van der Waals surface area contributed by atoms with Gasteiger partial charge >= 0.3 is 18.0 Å². The van der Waals surface area contributed by atoms with Gasteiger partial charge in [-0.2, -0.15) is 5.10 Å². The molecule has 0 radical (unpaired) electrons. The van der Waals surface area contributed by atoms with E-state index in [0.717, 1.165) is 5.56 Å². The predicted molar refractivity (Wildman–Crippen MR) is 172 cm³/mol. The Balaban J connectivity index is 1.35. The summed E-state index contributed by atoms with van der Waals surface area (Å²) in [5.74, 6) is 0.322. The summed E-state index contributed by atoms with van der Waals surface area (Å²) < 4.78 is 27.5. The molecule has 2 atom stereocenters. The number of methoxy groups -OCH3 is 1. The first-order chi connectivity index (χ1) is 22.7. The number of esters is 2. The van der Waals surface area contributed by atoms with Crippen molar-refractivity contribution in [2.24, 2.45) is 5.10 Å². The third kappa shape index (κ3) is 9.23. The molecule has 0 saturated heterocycles. The number of rotatable bonds is 15. The van der Waals surface area contributed by atoms with Gasteiger partial charge in [-0.05, 0) is 68.3 Å². The van der Waals surface area contributed by atoms with E-state index in [1.165, 1.54) is 13.3 Å². The average molecular weight is 647 g/mol. The van der Waals surface area contributed by atoms with Gasteiger partial charge < -0.3 is 39.4 Å². The summed E-state index contributed by atoms with van der Waals surface area (Å²) in [6, 6.07) is 18.0. The van der Waals surface area contributed by atoms with E-state index in [1.807, 2.05) is 18.2 Å². The van der Waals surface area contributed by atoms with Crippen LogP contribution in [0.2, 0.25) is 0 Å². The lowest BCUT2D eigenvalue weighted by atomic mass is 9.95. The molecule has 248 valence electrons. The van der Waals surface area contributed by atoms with Gasteiger partial charge in [0.05, 0.1) is 43.7 Å². The summed E-state index contributed by atoms with van der Waals surface area (Å²) in [6.07, 6.45) is 0.344. The van der Waals surface area contributed by atoms with Gasteiger partial charge in [-0.3, -0.25) is 5.43 Å². The van der Waals surface area contributed by atoms with Crippen LogP contribution in [0.3, 0.4) is 0 Å². The third-order valence-corrected chi connectivity index (χ3v) is 6.88. The molecular weight excluding hydrogens is 608 g/mol. The number of benzene rings is 3. The number of ether oxygens (including phenoxy) is 5. The number of aliphatic hydroxyl groups is 1. The minimum absolute atomic E-state index is 0.173. The van der Waals surface area contributed by atoms with Crippen molar-refractivity contribution in [2.75, 3.05) is 26.9 Å². The lowest BCUT2D eigenvalue weighted by Crippen LogP contribution is -2.45. The quantitative estimate of drug-likeness (QED) is 0.0822. The van der Waals surface area contributed by atoms with Crippen molar-refractivity contribution in [2.45, 2.75) is 39.6 Å². The number of nitrogens with one attached hydrogen (secondary N) is 3. The van der Waals surface area contributed by atoms with E-state index in [9.17, 15) is 19.5 Å². The van der Waals surface area contributed by atoms with E-state index in [-0.39, 0.29) is 24.8 Å². The summed E-state index contributed by atoms with van der Waals surface area (Å²) in [7, 11) is 1.27. The Hall–Kier alpha value is -5.56. The van der Waals surface area contributed by atoms with Crippen LogP contribution in [0.5, 0.6) is 17.2 Å². The Morgan fingerprint density at radius 3 is 2.45 bits per heavy atom. The van der Waals surface area contributed by atoms with Crippen molar-refractivity contribution in [3.05, 3.63) is 100 Å². The van der Waals surface area contributed by atoms with Crippen LogP contribution in [0.25, 0.3) is 0 Å². The third-order valence-electron chi connectivity index (χ3n) is 6.88. The monoisotopic (exact) mass is 646 g/mol. The molecule has 4 rings (SSSR count). The highest BCUT2D eigenvalue weighted by atomic mass is 16.5. The van der Waals surface area contributed by atoms with Gasteiger partial charge in [-0.25, -0.2) is 14.4 Å². The highest BCUT2D eigenvalue weighted by molar-refractivity contribution is 5.95. The van der Waals surface area contributed by atoms with E-state index < -0.39 is 24.3 Å². The number of carbonyl (C=O) groups excluding carboxylic acids is 3. The molecule has 0 spiro atoms. The first-order valence-electron chi connectivity index (χ1n) is 14.9. The number of urea groups is 1.